The van der Waals surface area contributed by atoms with Crippen LogP contribution in [0.5, 0.6) is 5.75 Å². The topological polar surface area (TPSA) is 46.2 Å². The molecular formula is C18H17NO. The molecule has 2 nitrogen and oxygen atoms in total. The summed E-state index contributed by atoms with van der Waals surface area (Å²) >= 11 is 0. The Morgan fingerprint density at radius 3 is 2.45 bits per heavy atom. The molecule has 0 saturated carbocycles. The first-order chi connectivity index (χ1) is 9.72. The SMILES string of the molecule is NC(Cc1cccc(O)c1)c1ccc2ccccc2c1. The van der Waals surface area contributed by atoms with Gasteiger partial charge in [0.15, 0.2) is 0 Å². The standard InChI is InChI=1S/C18H17NO/c19-18(11-13-4-3-7-17(20)10-13)16-9-8-14-5-1-2-6-15(14)12-16/h1-10,12,18,20H,11,19H2. The molecule has 3 aromatic carbocycles. The minimum absolute atomic E-state index is 0.0681. The van der Waals surface area contributed by atoms with E-state index in [1.807, 2.05) is 24.3 Å². The minimum atomic E-state index is -0.0681. The zero-order valence-electron chi connectivity index (χ0n) is 11.2. The second kappa shape index (κ2) is 5.35. The van der Waals surface area contributed by atoms with Crippen LogP contribution in [0.3, 0.4) is 0 Å². The Hall–Kier alpha value is -2.32. The predicted octanol–water partition coefficient (Wildman–Crippen LogP) is 3.79. The van der Waals surface area contributed by atoms with E-state index in [0.717, 1.165) is 11.1 Å². The molecule has 0 fully saturated rings. The number of aromatic hydroxyl groups is 1. The van der Waals surface area contributed by atoms with Gasteiger partial charge in [-0.25, -0.2) is 0 Å². The Labute approximate surface area is 118 Å². The highest BCUT2D eigenvalue weighted by molar-refractivity contribution is 5.83. The van der Waals surface area contributed by atoms with Gasteiger partial charge in [-0.05, 0) is 46.5 Å². The normalized spacial score (nSPS) is 12.4. The van der Waals surface area contributed by atoms with Gasteiger partial charge in [0, 0.05) is 6.04 Å². The third-order valence-electron chi connectivity index (χ3n) is 3.57. The van der Waals surface area contributed by atoms with Gasteiger partial charge in [-0.15, -0.1) is 0 Å². The first-order valence-corrected chi connectivity index (χ1v) is 6.74. The number of rotatable bonds is 3. The Balaban J connectivity index is 1.86. The number of phenols is 1. The van der Waals surface area contributed by atoms with E-state index in [1.165, 1.54) is 10.8 Å². The molecule has 2 heteroatoms. The summed E-state index contributed by atoms with van der Waals surface area (Å²) in [5.41, 5.74) is 8.45. The van der Waals surface area contributed by atoms with Gasteiger partial charge in [0.25, 0.3) is 0 Å². The smallest absolute Gasteiger partial charge is 0.115 e. The molecule has 3 rings (SSSR count). The Morgan fingerprint density at radius 2 is 1.65 bits per heavy atom. The van der Waals surface area contributed by atoms with Gasteiger partial charge in [-0.1, -0.05) is 48.5 Å². The minimum Gasteiger partial charge on any atom is -0.508 e. The lowest BCUT2D eigenvalue weighted by Crippen LogP contribution is -2.13. The average molecular weight is 263 g/mol. The van der Waals surface area contributed by atoms with Crippen molar-refractivity contribution in [1.82, 2.24) is 0 Å². The zero-order chi connectivity index (χ0) is 13.9. The van der Waals surface area contributed by atoms with Crippen molar-refractivity contribution >= 4 is 10.8 Å². The van der Waals surface area contributed by atoms with E-state index in [2.05, 4.69) is 30.3 Å². The lowest BCUT2D eigenvalue weighted by molar-refractivity contribution is 0.474. The second-order valence-corrected chi connectivity index (χ2v) is 5.09. The van der Waals surface area contributed by atoms with Crippen molar-refractivity contribution in [3.8, 4) is 5.75 Å². The summed E-state index contributed by atoms with van der Waals surface area (Å²) in [4.78, 5) is 0. The Morgan fingerprint density at radius 1 is 0.850 bits per heavy atom. The highest BCUT2D eigenvalue weighted by atomic mass is 16.3. The molecule has 0 aliphatic heterocycles. The first kappa shape index (κ1) is 12.7. The molecule has 0 radical (unpaired) electrons. The lowest BCUT2D eigenvalue weighted by Gasteiger charge is -2.13. The molecule has 0 saturated heterocycles. The van der Waals surface area contributed by atoms with Gasteiger partial charge in [0.2, 0.25) is 0 Å². The molecule has 0 bridgehead atoms. The van der Waals surface area contributed by atoms with Gasteiger partial charge in [-0.3, -0.25) is 0 Å². The molecule has 3 aromatic rings. The van der Waals surface area contributed by atoms with Crippen LogP contribution in [0, 0.1) is 0 Å². The van der Waals surface area contributed by atoms with Crippen molar-refractivity contribution in [3.05, 3.63) is 77.9 Å². The fourth-order valence-corrected chi connectivity index (χ4v) is 2.49. The van der Waals surface area contributed by atoms with Crippen molar-refractivity contribution in [2.75, 3.05) is 0 Å². The van der Waals surface area contributed by atoms with E-state index < -0.39 is 0 Å². The fourth-order valence-electron chi connectivity index (χ4n) is 2.49. The molecular weight excluding hydrogens is 246 g/mol. The van der Waals surface area contributed by atoms with Gasteiger partial charge >= 0.3 is 0 Å². The highest BCUT2D eigenvalue weighted by Gasteiger charge is 2.08. The largest absolute Gasteiger partial charge is 0.508 e. The van der Waals surface area contributed by atoms with Crippen LogP contribution in [0.4, 0.5) is 0 Å². The van der Waals surface area contributed by atoms with Crippen molar-refractivity contribution < 1.29 is 5.11 Å². The summed E-state index contributed by atoms with van der Waals surface area (Å²) in [5, 5.41) is 11.9. The van der Waals surface area contributed by atoms with Crippen LogP contribution in [-0.4, -0.2) is 5.11 Å². The van der Waals surface area contributed by atoms with E-state index in [9.17, 15) is 5.11 Å². The van der Waals surface area contributed by atoms with Gasteiger partial charge < -0.3 is 10.8 Å². The lowest BCUT2D eigenvalue weighted by atomic mass is 9.97. The van der Waals surface area contributed by atoms with Crippen molar-refractivity contribution in [2.24, 2.45) is 5.73 Å². The van der Waals surface area contributed by atoms with E-state index in [4.69, 9.17) is 5.73 Å². The van der Waals surface area contributed by atoms with Crippen LogP contribution < -0.4 is 5.73 Å². The molecule has 0 spiro atoms. The van der Waals surface area contributed by atoms with Crippen molar-refractivity contribution in [1.29, 1.82) is 0 Å². The second-order valence-electron chi connectivity index (χ2n) is 5.09. The number of benzene rings is 3. The summed E-state index contributed by atoms with van der Waals surface area (Å²) in [5.74, 6) is 0.285. The average Bonchev–Trinajstić information content (AvgIpc) is 2.47. The Bertz CT molecular complexity index is 736. The Kier molecular flexibility index (Phi) is 3.40. The summed E-state index contributed by atoms with van der Waals surface area (Å²) in [7, 11) is 0. The van der Waals surface area contributed by atoms with Gasteiger partial charge in [0.1, 0.15) is 5.75 Å². The van der Waals surface area contributed by atoms with Crippen molar-refractivity contribution in [3.63, 3.8) is 0 Å². The molecule has 1 unspecified atom stereocenters. The summed E-state index contributed by atoms with van der Waals surface area (Å²) < 4.78 is 0. The van der Waals surface area contributed by atoms with E-state index in [0.29, 0.717) is 6.42 Å². The molecule has 3 N–H and O–H groups in total. The number of phenolic OH excluding ortho intramolecular Hbond substituents is 1. The van der Waals surface area contributed by atoms with Crippen LogP contribution in [0.1, 0.15) is 17.2 Å². The van der Waals surface area contributed by atoms with Gasteiger partial charge in [-0.2, -0.15) is 0 Å². The fraction of sp³-hybridized carbons (Fsp3) is 0.111. The predicted molar refractivity (Wildman–Crippen MR) is 82.7 cm³/mol. The zero-order valence-corrected chi connectivity index (χ0v) is 11.2. The van der Waals surface area contributed by atoms with Crippen molar-refractivity contribution in [2.45, 2.75) is 12.5 Å². The van der Waals surface area contributed by atoms with E-state index >= 15 is 0 Å². The van der Waals surface area contributed by atoms with Crippen LogP contribution >= 0.6 is 0 Å². The van der Waals surface area contributed by atoms with E-state index in [-0.39, 0.29) is 11.8 Å². The maximum atomic E-state index is 9.50. The molecule has 1 atom stereocenters. The summed E-state index contributed by atoms with van der Waals surface area (Å²) in [6.45, 7) is 0. The molecule has 0 amide bonds. The van der Waals surface area contributed by atoms with Crippen LogP contribution in [0.25, 0.3) is 10.8 Å². The number of fused-ring (bicyclic) bond motifs is 1. The van der Waals surface area contributed by atoms with Gasteiger partial charge in [0.05, 0.1) is 0 Å². The third kappa shape index (κ3) is 2.65. The maximum Gasteiger partial charge on any atom is 0.115 e. The quantitative estimate of drug-likeness (QED) is 0.755. The maximum absolute atomic E-state index is 9.50. The van der Waals surface area contributed by atoms with Crippen LogP contribution in [0.2, 0.25) is 0 Å². The molecule has 0 aromatic heterocycles. The summed E-state index contributed by atoms with van der Waals surface area (Å²) in [6.07, 6.45) is 0.715. The first-order valence-electron chi connectivity index (χ1n) is 6.74. The molecule has 0 heterocycles. The molecule has 0 aliphatic rings. The molecule has 20 heavy (non-hydrogen) atoms. The van der Waals surface area contributed by atoms with Crippen LogP contribution in [-0.2, 0) is 6.42 Å². The van der Waals surface area contributed by atoms with Crippen LogP contribution in [0.15, 0.2) is 66.7 Å². The number of nitrogens with two attached hydrogens (primary N) is 1. The van der Waals surface area contributed by atoms with E-state index in [1.54, 1.807) is 12.1 Å². The monoisotopic (exact) mass is 263 g/mol. The highest BCUT2D eigenvalue weighted by Crippen LogP contribution is 2.22. The molecule has 0 aliphatic carbocycles. The number of hydrogen-bond acceptors (Lipinski definition) is 2. The molecule has 100 valence electrons. The summed E-state index contributed by atoms with van der Waals surface area (Å²) in [6, 6.07) is 21.8. The number of hydrogen-bond donors (Lipinski definition) is 2. The third-order valence-corrected chi connectivity index (χ3v) is 3.57.